The molecule has 1 aromatic carbocycles. The third-order valence-electron chi connectivity index (χ3n) is 3.01. The average molecular weight is 376 g/mol. The number of carbonyl (C=O) groups is 1. The summed E-state index contributed by atoms with van der Waals surface area (Å²) in [6, 6.07) is 5.22. The molecule has 0 atom stereocenters. The molecule has 0 amide bonds. The molecule has 0 bridgehead atoms. The van der Waals surface area contributed by atoms with Crippen LogP contribution < -0.4 is 0 Å². The number of hydrogen-bond acceptors (Lipinski definition) is 2. The summed E-state index contributed by atoms with van der Waals surface area (Å²) >= 11 is 15.6. The van der Waals surface area contributed by atoms with Gasteiger partial charge < -0.3 is 0 Å². The minimum absolute atomic E-state index is 0.0761. The van der Waals surface area contributed by atoms with Gasteiger partial charge in [0.1, 0.15) is 0 Å². The molecule has 6 heteroatoms. The fourth-order valence-electron chi connectivity index (χ4n) is 2.00. The highest BCUT2D eigenvalue weighted by molar-refractivity contribution is 9.10. The summed E-state index contributed by atoms with van der Waals surface area (Å²) in [7, 11) is 0. The molecule has 0 aliphatic carbocycles. The van der Waals surface area contributed by atoms with E-state index in [1.165, 1.54) is 0 Å². The molecule has 0 fully saturated rings. The Morgan fingerprint density at radius 2 is 2.10 bits per heavy atom. The average Bonchev–Trinajstić information content (AvgIpc) is 2.69. The Hall–Kier alpha value is -0.840. The topological polar surface area (TPSA) is 34.9 Å². The number of carbonyl (C=O) groups excluding carboxylic acids is 1. The number of halogens is 3. The lowest BCUT2D eigenvalue weighted by atomic mass is 10.1. The number of rotatable bonds is 4. The van der Waals surface area contributed by atoms with Crippen LogP contribution >= 0.6 is 39.1 Å². The van der Waals surface area contributed by atoms with E-state index in [4.69, 9.17) is 23.2 Å². The van der Waals surface area contributed by atoms with Crippen molar-refractivity contribution in [2.75, 3.05) is 0 Å². The van der Waals surface area contributed by atoms with Crippen molar-refractivity contribution in [2.45, 2.75) is 26.8 Å². The maximum atomic E-state index is 12.4. The first-order valence-electron chi connectivity index (χ1n) is 6.14. The van der Waals surface area contributed by atoms with Gasteiger partial charge in [-0.25, -0.2) is 0 Å². The van der Waals surface area contributed by atoms with Gasteiger partial charge in [0.2, 0.25) is 0 Å². The standard InChI is InChI=1S/C14H13BrCl2N2O/c1-3-19-12(14(17)8(2)18-19)7-13(20)10-6-9(15)4-5-11(10)16/h4-6H,3,7H2,1-2H3. The second kappa shape index (κ2) is 6.29. The van der Waals surface area contributed by atoms with Crippen LogP contribution in [0, 0.1) is 6.92 Å². The lowest BCUT2D eigenvalue weighted by Crippen LogP contribution is -2.10. The lowest BCUT2D eigenvalue weighted by molar-refractivity contribution is 0.0990. The largest absolute Gasteiger partial charge is 0.294 e. The molecule has 3 nitrogen and oxygen atoms in total. The van der Waals surface area contributed by atoms with Crippen LogP contribution in [0.2, 0.25) is 10.0 Å². The molecule has 1 aromatic heterocycles. The van der Waals surface area contributed by atoms with Crippen molar-refractivity contribution in [1.82, 2.24) is 9.78 Å². The normalized spacial score (nSPS) is 10.8. The van der Waals surface area contributed by atoms with E-state index in [0.29, 0.717) is 22.2 Å². The smallest absolute Gasteiger partial charge is 0.170 e. The zero-order valence-electron chi connectivity index (χ0n) is 11.1. The van der Waals surface area contributed by atoms with Gasteiger partial charge in [-0.1, -0.05) is 39.1 Å². The number of benzene rings is 1. The quantitative estimate of drug-likeness (QED) is 0.725. The molecule has 2 rings (SSSR count). The van der Waals surface area contributed by atoms with Gasteiger partial charge in [-0.05, 0) is 32.0 Å². The van der Waals surface area contributed by atoms with Crippen LogP contribution in [0.1, 0.15) is 28.7 Å². The van der Waals surface area contributed by atoms with Crippen molar-refractivity contribution in [3.05, 3.63) is 49.7 Å². The second-order valence-corrected chi connectivity index (χ2v) is 6.09. The Bertz CT molecular complexity index is 667. The maximum Gasteiger partial charge on any atom is 0.170 e. The van der Waals surface area contributed by atoms with Crippen molar-refractivity contribution in [3.8, 4) is 0 Å². The van der Waals surface area contributed by atoms with Gasteiger partial charge in [0, 0.05) is 16.6 Å². The Kier molecular flexibility index (Phi) is 4.89. The molecule has 2 aromatic rings. The minimum atomic E-state index is -0.0761. The van der Waals surface area contributed by atoms with Crippen LogP contribution in [0.15, 0.2) is 22.7 Å². The fourth-order valence-corrected chi connectivity index (χ4v) is 2.78. The van der Waals surface area contributed by atoms with Crippen LogP contribution in [0.3, 0.4) is 0 Å². The van der Waals surface area contributed by atoms with Gasteiger partial charge >= 0.3 is 0 Å². The van der Waals surface area contributed by atoms with Gasteiger partial charge in [0.15, 0.2) is 5.78 Å². The van der Waals surface area contributed by atoms with Crippen molar-refractivity contribution in [3.63, 3.8) is 0 Å². The van der Waals surface area contributed by atoms with Crippen LogP contribution in [-0.2, 0) is 13.0 Å². The molecule has 0 spiro atoms. The first-order chi connectivity index (χ1) is 9.43. The van der Waals surface area contributed by atoms with Crippen LogP contribution in [0.4, 0.5) is 0 Å². The third kappa shape index (κ3) is 3.08. The third-order valence-corrected chi connectivity index (χ3v) is 4.32. The molecule has 0 unspecified atom stereocenters. The van der Waals surface area contributed by atoms with Crippen molar-refractivity contribution in [1.29, 1.82) is 0 Å². The van der Waals surface area contributed by atoms with Crippen LogP contribution in [0.5, 0.6) is 0 Å². The predicted molar refractivity (Wildman–Crippen MR) is 84.8 cm³/mol. The van der Waals surface area contributed by atoms with Gasteiger partial charge in [-0.15, -0.1) is 0 Å². The summed E-state index contributed by atoms with van der Waals surface area (Å²) in [6.45, 7) is 4.46. The number of hydrogen-bond donors (Lipinski definition) is 0. The molecular weight excluding hydrogens is 363 g/mol. The van der Waals surface area contributed by atoms with Gasteiger partial charge in [-0.2, -0.15) is 5.10 Å². The fraction of sp³-hybridized carbons (Fsp3) is 0.286. The van der Waals surface area contributed by atoms with E-state index in [1.54, 1.807) is 22.9 Å². The number of Topliss-reactive ketones (excluding diaryl/α,β-unsaturated/α-hetero) is 1. The lowest BCUT2D eigenvalue weighted by Gasteiger charge is -2.07. The predicted octanol–water partition coefficient (Wildman–Crippen LogP) is 4.71. The summed E-state index contributed by atoms with van der Waals surface area (Å²) in [6.07, 6.45) is 0.184. The first-order valence-corrected chi connectivity index (χ1v) is 7.69. The minimum Gasteiger partial charge on any atom is -0.294 e. The van der Waals surface area contributed by atoms with E-state index in [1.807, 2.05) is 13.8 Å². The van der Waals surface area contributed by atoms with Gasteiger partial charge in [-0.3, -0.25) is 9.48 Å². The van der Waals surface area contributed by atoms with Crippen molar-refractivity contribution >= 4 is 44.9 Å². The highest BCUT2D eigenvalue weighted by Crippen LogP contribution is 2.25. The Balaban J connectivity index is 2.35. The van der Waals surface area contributed by atoms with Crippen molar-refractivity contribution in [2.24, 2.45) is 0 Å². The highest BCUT2D eigenvalue weighted by atomic mass is 79.9. The monoisotopic (exact) mass is 374 g/mol. The van der Waals surface area contributed by atoms with E-state index in [0.717, 1.165) is 15.9 Å². The number of ketones is 1. The second-order valence-electron chi connectivity index (χ2n) is 4.39. The van der Waals surface area contributed by atoms with E-state index in [9.17, 15) is 4.79 Å². The molecule has 0 aliphatic heterocycles. The summed E-state index contributed by atoms with van der Waals surface area (Å²) in [5.74, 6) is -0.0761. The Morgan fingerprint density at radius 3 is 2.75 bits per heavy atom. The summed E-state index contributed by atoms with van der Waals surface area (Å²) in [4.78, 5) is 12.4. The summed E-state index contributed by atoms with van der Waals surface area (Å²) < 4.78 is 2.57. The van der Waals surface area contributed by atoms with Crippen LogP contribution in [-0.4, -0.2) is 15.6 Å². The van der Waals surface area contributed by atoms with E-state index >= 15 is 0 Å². The van der Waals surface area contributed by atoms with E-state index < -0.39 is 0 Å². The molecule has 0 saturated carbocycles. The summed E-state index contributed by atoms with van der Waals surface area (Å²) in [5, 5.41) is 5.29. The molecule has 20 heavy (non-hydrogen) atoms. The van der Waals surface area contributed by atoms with E-state index in [2.05, 4.69) is 21.0 Å². The summed E-state index contributed by atoms with van der Waals surface area (Å²) in [5.41, 5.74) is 1.95. The highest BCUT2D eigenvalue weighted by Gasteiger charge is 2.18. The van der Waals surface area contributed by atoms with Gasteiger partial charge in [0.05, 0.1) is 27.9 Å². The van der Waals surface area contributed by atoms with Crippen molar-refractivity contribution < 1.29 is 4.79 Å². The number of aryl methyl sites for hydroxylation is 2. The first kappa shape index (κ1) is 15.5. The van der Waals surface area contributed by atoms with E-state index in [-0.39, 0.29) is 12.2 Å². The molecule has 1 heterocycles. The maximum absolute atomic E-state index is 12.4. The van der Waals surface area contributed by atoms with Gasteiger partial charge in [0.25, 0.3) is 0 Å². The zero-order valence-corrected chi connectivity index (χ0v) is 14.2. The molecule has 0 saturated heterocycles. The van der Waals surface area contributed by atoms with Crippen LogP contribution in [0.25, 0.3) is 0 Å². The molecule has 0 aliphatic rings. The number of aromatic nitrogens is 2. The molecular formula is C14H13BrCl2N2O. The molecule has 0 radical (unpaired) electrons. The Labute approximate surface area is 136 Å². The zero-order chi connectivity index (χ0) is 14.9. The molecule has 106 valence electrons. The number of nitrogens with zero attached hydrogens (tertiary/aromatic N) is 2. The SMILES string of the molecule is CCn1nc(C)c(Cl)c1CC(=O)c1cc(Br)ccc1Cl. The molecule has 0 N–H and O–H groups in total. The Morgan fingerprint density at radius 1 is 1.40 bits per heavy atom.